The van der Waals surface area contributed by atoms with Gasteiger partial charge in [0.1, 0.15) is 0 Å². The van der Waals surface area contributed by atoms with Crippen molar-refractivity contribution in [2.45, 2.75) is 32.2 Å². The Bertz CT molecular complexity index is 438. The molecular weight excluding hydrogens is 290 g/mol. The number of likely N-dealkylation sites (tertiary alicyclic amines) is 1. The fourth-order valence-electron chi connectivity index (χ4n) is 2.26. The van der Waals surface area contributed by atoms with Crippen LogP contribution in [0.1, 0.15) is 31.7 Å². The van der Waals surface area contributed by atoms with Crippen molar-refractivity contribution in [3.8, 4) is 0 Å². The molecule has 1 aliphatic rings. The molecule has 1 aromatic rings. The van der Waals surface area contributed by atoms with E-state index >= 15 is 0 Å². The Morgan fingerprint density at radius 1 is 1.33 bits per heavy atom. The van der Waals surface area contributed by atoms with Crippen LogP contribution in [0.2, 0.25) is 0 Å². The third-order valence-electron chi connectivity index (χ3n) is 3.37. The van der Waals surface area contributed by atoms with Crippen LogP contribution in [-0.2, 0) is 4.79 Å². The number of benzene rings is 1. The van der Waals surface area contributed by atoms with Crippen molar-refractivity contribution in [1.82, 2.24) is 4.90 Å². The molecule has 96 valence electrons. The Kier molecular flexibility index (Phi) is 4.59. The average Bonchev–Trinajstić information content (AvgIpc) is 2.38. The van der Waals surface area contributed by atoms with Crippen LogP contribution in [0, 0.1) is 0 Å². The monoisotopic (exact) mass is 307 g/mol. The summed E-state index contributed by atoms with van der Waals surface area (Å²) in [6, 6.07) is 8.32. The highest BCUT2D eigenvalue weighted by Crippen LogP contribution is 2.17. The zero-order valence-corrected chi connectivity index (χ0v) is 12.2. The van der Waals surface area contributed by atoms with Gasteiger partial charge in [-0.3, -0.25) is 4.79 Å². The molecule has 1 heterocycles. The number of rotatable bonds is 2. The lowest BCUT2D eigenvalue weighted by Gasteiger charge is -2.32. The third-order valence-corrected chi connectivity index (χ3v) is 3.90. The van der Waals surface area contributed by atoms with Gasteiger partial charge < -0.3 is 4.90 Å². The van der Waals surface area contributed by atoms with E-state index in [1.54, 1.807) is 6.08 Å². The highest BCUT2D eigenvalue weighted by atomic mass is 79.9. The first-order chi connectivity index (χ1) is 8.66. The van der Waals surface area contributed by atoms with Crippen molar-refractivity contribution in [1.29, 1.82) is 0 Å². The second kappa shape index (κ2) is 6.19. The molecule has 0 spiro atoms. The van der Waals surface area contributed by atoms with Gasteiger partial charge in [0.05, 0.1) is 0 Å². The van der Waals surface area contributed by atoms with Gasteiger partial charge in [-0.25, -0.2) is 0 Å². The lowest BCUT2D eigenvalue weighted by Crippen LogP contribution is -2.41. The maximum absolute atomic E-state index is 12.1. The van der Waals surface area contributed by atoms with Crippen molar-refractivity contribution < 1.29 is 4.79 Å². The normalized spacial score (nSPS) is 20.3. The molecule has 2 nitrogen and oxygen atoms in total. The van der Waals surface area contributed by atoms with Crippen LogP contribution in [0.25, 0.3) is 6.08 Å². The van der Waals surface area contributed by atoms with Gasteiger partial charge in [0.15, 0.2) is 0 Å². The molecule has 0 unspecified atom stereocenters. The Hall–Kier alpha value is -1.09. The second-order valence-electron chi connectivity index (χ2n) is 4.76. The molecule has 0 saturated carbocycles. The number of carbonyl (C=O) groups excluding carboxylic acids is 1. The molecule has 1 amide bonds. The summed E-state index contributed by atoms with van der Waals surface area (Å²) in [6.45, 7) is 3.02. The second-order valence-corrected chi connectivity index (χ2v) is 5.68. The molecule has 0 radical (unpaired) electrons. The van der Waals surface area contributed by atoms with Crippen LogP contribution >= 0.6 is 15.9 Å². The first kappa shape index (κ1) is 13.3. The van der Waals surface area contributed by atoms with Gasteiger partial charge in [-0.1, -0.05) is 28.1 Å². The molecule has 0 bridgehead atoms. The van der Waals surface area contributed by atoms with Crippen molar-refractivity contribution >= 4 is 27.9 Å². The van der Waals surface area contributed by atoms with E-state index in [0.717, 1.165) is 29.4 Å². The molecule has 1 fully saturated rings. The topological polar surface area (TPSA) is 20.3 Å². The fraction of sp³-hybridized carbons (Fsp3) is 0.400. The quantitative estimate of drug-likeness (QED) is 0.760. The summed E-state index contributed by atoms with van der Waals surface area (Å²) in [6.07, 6.45) is 7.06. The van der Waals surface area contributed by atoms with Crippen LogP contribution in [0.5, 0.6) is 0 Å². The SMILES string of the molecule is C[C@@H]1CCCCN1C(=O)/C=C/c1ccc(Br)cc1. The van der Waals surface area contributed by atoms with E-state index in [1.807, 2.05) is 35.2 Å². The predicted octanol–water partition coefficient (Wildman–Crippen LogP) is 3.86. The van der Waals surface area contributed by atoms with Crippen LogP contribution in [0.4, 0.5) is 0 Å². The molecule has 0 aromatic heterocycles. The minimum absolute atomic E-state index is 0.130. The summed E-state index contributed by atoms with van der Waals surface area (Å²) >= 11 is 3.40. The van der Waals surface area contributed by atoms with E-state index in [4.69, 9.17) is 0 Å². The van der Waals surface area contributed by atoms with Crippen LogP contribution < -0.4 is 0 Å². The highest BCUT2D eigenvalue weighted by molar-refractivity contribution is 9.10. The number of amides is 1. The Morgan fingerprint density at radius 2 is 2.06 bits per heavy atom. The van der Waals surface area contributed by atoms with Crippen molar-refractivity contribution in [3.05, 3.63) is 40.4 Å². The number of piperidine rings is 1. The standard InChI is InChI=1S/C15H18BrNO/c1-12-4-2-3-11-17(12)15(18)10-7-13-5-8-14(16)9-6-13/h5-10,12H,2-4,11H2,1H3/b10-7+/t12-/m1/s1. The minimum Gasteiger partial charge on any atom is -0.336 e. The summed E-state index contributed by atoms with van der Waals surface area (Å²) in [5.41, 5.74) is 1.05. The number of nitrogens with zero attached hydrogens (tertiary/aromatic N) is 1. The Balaban J connectivity index is 1.99. The van der Waals surface area contributed by atoms with Gasteiger partial charge in [0.25, 0.3) is 0 Å². The lowest BCUT2D eigenvalue weighted by atomic mass is 10.0. The van der Waals surface area contributed by atoms with E-state index in [0.29, 0.717) is 6.04 Å². The molecular formula is C15H18BrNO. The van der Waals surface area contributed by atoms with Crippen molar-refractivity contribution in [2.24, 2.45) is 0 Å². The van der Waals surface area contributed by atoms with Crippen LogP contribution in [-0.4, -0.2) is 23.4 Å². The summed E-state index contributed by atoms with van der Waals surface area (Å²) < 4.78 is 1.05. The molecule has 2 rings (SSSR count). The number of halogens is 1. The molecule has 1 saturated heterocycles. The highest BCUT2D eigenvalue weighted by Gasteiger charge is 2.20. The smallest absolute Gasteiger partial charge is 0.246 e. The van der Waals surface area contributed by atoms with Crippen LogP contribution in [0.3, 0.4) is 0 Å². The molecule has 3 heteroatoms. The number of carbonyl (C=O) groups is 1. The van der Waals surface area contributed by atoms with Crippen LogP contribution in [0.15, 0.2) is 34.8 Å². The number of hydrogen-bond donors (Lipinski definition) is 0. The van der Waals surface area contributed by atoms with E-state index in [2.05, 4.69) is 22.9 Å². The van der Waals surface area contributed by atoms with E-state index in [-0.39, 0.29) is 5.91 Å². The Morgan fingerprint density at radius 3 is 2.72 bits per heavy atom. The largest absolute Gasteiger partial charge is 0.336 e. The summed E-state index contributed by atoms with van der Waals surface area (Å²) in [4.78, 5) is 14.0. The first-order valence-corrected chi connectivity index (χ1v) is 7.20. The predicted molar refractivity (Wildman–Crippen MR) is 78.2 cm³/mol. The van der Waals surface area contributed by atoms with Crippen molar-refractivity contribution in [2.75, 3.05) is 6.54 Å². The summed E-state index contributed by atoms with van der Waals surface area (Å²) in [7, 11) is 0. The molecule has 1 aromatic carbocycles. The average molecular weight is 308 g/mol. The van der Waals surface area contributed by atoms with Gasteiger partial charge in [0.2, 0.25) is 5.91 Å². The Labute approximate surface area is 117 Å². The maximum atomic E-state index is 12.1. The van der Waals surface area contributed by atoms with Gasteiger partial charge in [-0.15, -0.1) is 0 Å². The minimum atomic E-state index is 0.130. The first-order valence-electron chi connectivity index (χ1n) is 6.41. The van der Waals surface area contributed by atoms with E-state index in [9.17, 15) is 4.79 Å². The van der Waals surface area contributed by atoms with Gasteiger partial charge >= 0.3 is 0 Å². The van der Waals surface area contributed by atoms with Gasteiger partial charge in [0, 0.05) is 23.1 Å². The zero-order valence-electron chi connectivity index (χ0n) is 10.6. The molecule has 0 aliphatic carbocycles. The summed E-state index contributed by atoms with van der Waals surface area (Å²) in [5, 5.41) is 0. The third kappa shape index (κ3) is 3.45. The molecule has 1 aliphatic heterocycles. The molecule has 1 atom stereocenters. The molecule has 18 heavy (non-hydrogen) atoms. The summed E-state index contributed by atoms with van der Waals surface area (Å²) in [5.74, 6) is 0.130. The van der Waals surface area contributed by atoms with E-state index < -0.39 is 0 Å². The fourth-order valence-corrected chi connectivity index (χ4v) is 2.53. The zero-order chi connectivity index (χ0) is 13.0. The van der Waals surface area contributed by atoms with E-state index in [1.165, 1.54) is 6.42 Å². The lowest BCUT2D eigenvalue weighted by molar-refractivity contribution is -0.129. The van der Waals surface area contributed by atoms with Gasteiger partial charge in [-0.05, 0) is 50.0 Å². The molecule has 0 N–H and O–H groups in total. The van der Waals surface area contributed by atoms with Gasteiger partial charge in [-0.2, -0.15) is 0 Å². The van der Waals surface area contributed by atoms with Crippen molar-refractivity contribution in [3.63, 3.8) is 0 Å². The number of hydrogen-bond acceptors (Lipinski definition) is 1. The maximum Gasteiger partial charge on any atom is 0.246 e.